The number of aromatic hydroxyl groups is 1. The van der Waals surface area contributed by atoms with Crippen molar-refractivity contribution in [2.24, 2.45) is 0 Å². The molecule has 0 aliphatic heterocycles. The van der Waals surface area contributed by atoms with Crippen LogP contribution in [0.5, 0.6) is 5.75 Å². The average Bonchev–Trinajstić information content (AvgIpc) is 3.25. The fraction of sp³-hybridized carbons (Fsp3) is 0.0833. The number of fused-ring (bicyclic) bond motifs is 1. The number of phenols is 1. The zero-order valence-corrected chi connectivity index (χ0v) is 19.8. The number of nitrogen functional groups attached to an aromatic ring is 1. The normalized spacial score (nSPS) is 12.0. The summed E-state index contributed by atoms with van der Waals surface area (Å²) in [7, 11) is 0. The van der Waals surface area contributed by atoms with Gasteiger partial charge in [0.1, 0.15) is 23.6 Å². The summed E-state index contributed by atoms with van der Waals surface area (Å²) in [5.41, 5.74) is 8.58. The molecule has 0 aliphatic rings. The van der Waals surface area contributed by atoms with Crippen LogP contribution in [-0.4, -0.2) is 50.4 Å². The van der Waals surface area contributed by atoms with Gasteiger partial charge in [0.25, 0.3) is 11.3 Å². The SMILES string of the molecule is C=CC(=O)Nc1ccc(-c2nn(CCN(C=Cc3ccccc3)S(=O)O)c3ncnc(N)c23)cc1O. The molecule has 4 rings (SSSR count). The molecule has 1 unspecified atom stereocenters. The van der Waals surface area contributed by atoms with Crippen LogP contribution in [0.4, 0.5) is 11.5 Å². The molecule has 0 bridgehead atoms. The number of phenolic OH excluding ortho intramolecular Hbond substituents is 1. The molecule has 2 heterocycles. The van der Waals surface area contributed by atoms with Gasteiger partial charge in [-0.25, -0.2) is 18.9 Å². The van der Waals surface area contributed by atoms with Crippen LogP contribution in [0.25, 0.3) is 28.4 Å². The number of amides is 1. The van der Waals surface area contributed by atoms with Crippen LogP contribution in [0.3, 0.4) is 0 Å². The lowest BCUT2D eigenvalue weighted by atomic mass is 10.1. The Balaban J connectivity index is 1.64. The molecule has 1 amide bonds. The van der Waals surface area contributed by atoms with Gasteiger partial charge < -0.3 is 16.2 Å². The van der Waals surface area contributed by atoms with E-state index in [2.05, 4.69) is 27.0 Å². The molecule has 0 fully saturated rings. The van der Waals surface area contributed by atoms with E-state index in [4.69, 9.17) is 5.73 Å². The van der Waals surface area contributed by atoms with E-state index >= 15 is 0 Å². The van der Waals surface area contributed by atoms with Crippen molar-refractivity contribution < 1.29 is 18.7 Å². The number of benzene rings is 2. The predicted octanol–water partition coefficient (Wildman–Crippen LogP) is 3.02. The molecule has 12 heteroatoms. The number of hydrogen-bond acceptors (Lipinski definition) is 7. The Kier molecular flexibility index (Phi) is 7.37. The molecule has 5 N–H and O–H groups in total. The Morgan fingerprint density at radius 3 is 2.69 bits per heavy atom. The molecule has 36 heavy (non-hydrogen) atoms. The van der Waals surface area contributed by atoms with Crippen LogP contribution in [0.1, 0.15) is 5.56 Å². The summed E-state index contributed by atoms with van der Waals surface area (Å²) >= 11 is -2.26. The quantitative estimate of drug-likeness (QED) is 0.153. The first-order valence-electron chi connectivity index (χ1n) is 10.7. The Morgan fingerprint density at radius 1 is 1.22 bits per heavy atom. The van der Waals surface area contributed by atoms with Crippen molar-refractivity contribution in [3.63, 3.8) is 0 Å². The maximum absolute atomic E-state index is 11.9. The molecule has 4 aromatic rings. The van der Waals surface area contributed by atoms with Gasteiger partial charge in [0.15, 0.2) is 5.65 Å². The molecule has 1 atom stereocenters. The van der Waals surface area contributed by atoms with Gasteiger partial charge in [-0.05, 0) is 29.8 Å². The molecular weight excluding hydrogens is 482 g/mol. The lowest BCUT2D eigenvalue weighted by molar-refractivity contribution is -0.111. The van der Waals surface area contributed by atoms with Gasteiger partial charge in [0.05, 0.1) is 24.2 Å². The number of nitrogens with one attached hydrogen (secondary N) is 1. The van der Waals surface area contributed by atoms with E-state index in [0.717, 1.165) is 11.6 Å². The molecular formula is C24H23N7O4S. The van der Waals surface area contributed by atoms with Gasteiger partial charge in [-0.3, -0.25) is 13.7 Å². The second-order valence-corrected chi connectivity index (χ2v) is 8.48. The molecule has 2 aromatic carbocycles. The van der Waals surface area contributed by atoms with Crippen molar-refractivity contribution in [2.45, 2.75) is 6.54 Å². The fourth-order valence-electron chi connectivity index (χ4n) is 3.49. The Labute approximate surface area is 209 Å². The molecule has 2 aromatic heterocycles. The lowest BCUT2D eigenvalue weighted by Gasteiger charge is -2.15. The van der Waals surface area contributed by atoms with Crippen LogP contribution in [-0.2, 0) is 22.6 Å². The molecule has 184 valence electrons. The number of nitrogens with two attached hydrogens (primary N) is 1. The van der Waals surface area contributed by atoms with Crippen molar-refractivity contribution >= 4 is 45.8 Å². The van der Waals surface area contributed by atoms with E-state index in [1.54, 1.807) is 16.8 Å². The van der Waals surface area contributed by atoms with Crippen molar-refractivity contribution in [1.82, 2.24) is 24.1 Å². The first kappa shape index (κ1) is 24.6. The number of nitrogens with zero attached hydrogens (tertiary/aromatic N) is 5. The van der Waals surface area contributed by atoms with Crippen LogP contribution in [0, 0.1) is 0 Å². The smallest absolute Gasteiger partial charge is 0.261 e. The molecule has 11 nitrogen and oxygen atoms in total. The van der Waals surface area contributed by atoms with Crippen molar-refractivity contribution in [1.29, 1.82) is 0 Å². The zero-order valence-electron chi connectivity index (χ0n) is 19.0. The third-order valence-corrected chi connectivity index (χ3v) is 5.94. The zero-order chi connectivity index (χ0) is 25.7. The summed E-state index contributed by atoms with van der Waals surface area (Å²) in [6.07, 6.45) is 5.67. The Morgan fingerprint density at radius 2 is 2.00 bits per heavy atom. The third kappa shape index (κ3) is 5.40. The number of rotatable bonds is 9. The second-order valence-electron chi connectivity index (χ2n) is 7.55. The van der Waals surface area contributed by atoms with Crippen LogP contribution in [0.15, 0.2) is 73.7 Å². The standard InChI is InChI=1S/C24H23N7O4S/c1-2-20(33)28-18-9-8-17(14-19(18)32)22-21-23(25)26-15-27-24(21)31(29-22)13-12-30(36(34)35)11-10-16-6-4-3-5-7-16/h2-11,14-15,32H,1,12-13H2,(H,28,33)(H,34,35)(H2,25,26,27). The third-order valence-electron chi connectivity index (χ3n) is 5.24. The van der Waals surface area contributed by atoms with Gasteiger partial charge in [0.2, 0.25) is 5.91 Å². The van der Waals surface area contributed by atoms with Crippen molar-refractivity contribution in [3.05, 3.63) is 79.3 Å². The highest BCUT2D eigenvalue weighted by atomic mass is 32.2. The Hall–Kier alpha value is -4.55. The van der Waals surface area contributed by atoms with Crippen LogP contribution < -0.4 is 11.1 Å². The predicted molar refractivity (Wildman–Crippen MR) is 139 cm³/mol. The first-order valence-corrected chi connectivity index (χ1v) is 11.8. The molecule has 0 aliphatic carbocycles. The summed E-state index contributed by atoms with van der Waals surface area (Å²) < 4.78 is 24.5. The largest absolute Gasteiger partial charge is 0.506 e. The summed E-state index contributed by atoms with van der Waals surface area (Å²) in [6.45, 7) is 3.74. The van der Waals surface area contributed by atoms with E-state index in [9.17, 15) is 18.7 Å². The van der Waals surface area contributed by atoms with Crippen molar-refractivity contribution in [3.8, 4) is 17.0 Å². The molecule has 0 saturated carbocycles. The maximum Gasteiger partial charge on any atom is 0.261 e. The second kappa shape index (κ2) is 10.8. The van der Waals surface area contributed by atoms with Gasteiger partial charge in [-0.2, -0.15) is 5.10 Å². The molecule has 0 saturated heterocycles. The highest BCUT2D eigenvalue weighted by Gasteiger charge is 2.19. The van der Waals surface area contributed by atoms with E-state index in [0.29, 0.717) is 22.3 Å². The topological polar surface area (TPSA) is 159 Å². The first-order chi connectivity index (χ1) is 17.4. The van der Waals surface area contributed by atoms with E-state index < -0.39 is 17.2 Å². The average molecular weight is 506 g/mol. The maximum atomic E-state index is 11.9. The van der Waals surface area contributed by atoms with Gasteiger partial charge in [-0.1, -0.05) is 43.0 Å². The number of anilines is 2. The number of aromatic nitrogens is 4. The summed E-state index contributed by atoms with van der Waals surface area (Å²) in [5, 5.41) is 18.0. The number of hydrogen-bond donors (Lipinski definition) is 4. The fourth-order valence-corrected chi connectivity index (χ4v) is 3.89. The highest BCUT2D eigenvalue weighted by Crippen LogP contribution is 2.34. The number of carbonyl (C=O) groups excluding carboxylic acids is 1. The van der Waals surface area contributed by atoms with Gasteiger partial charge in [-0.15, -0.1) is 0 Å². The van der Waals surface area contributed by atoms with Gasteiger partial charge in [0, 0.05) is 11.8 Å². The van der Waals surface area contributed by atoms with Crippen LogP contribution in [0.2, 0.25) is 0 Å². The summed E-state index contributed by atoms with van der Waals surface area (Å²) in [5.74, 6) is -0.442. The van der Waals surface area contributed by atoms with Gasteiger partial charge >= 0.3 is 0 Å². The monoisotopic (exact) mass is 505 g/mol. The molecule has 0 radical (unpaired) electrons. The van der Waals surface area contributed by atoms with E-state index in [1.807, 2.05) is 30.3 Å². The highest BCUT2D eigenvalue weighted by molar-refractivity contribution is 7.76. The summed E-state index contributed by atoms with van der Waals surface area (Å²) in [4.78, 5) is 19.9. The minimum atomic E-state index is -2.26. The van der Waals surface area contributed by atoms with E-state index in [-0.39, 0.29) is 30.3 Å². The Bertz CT molecular complexity index is 1470. The van der Waals surface area contributed by atoms with Crippen LogP contribution >= 0.6 is 0 Å². The minimum absolute atomic E-state index is 0.143. The summed E-state index contributed by atoms with van der Waals surface area (Å²) in [6, 6.07) is 14.0. The number of carbonyl (C=O) groups is 1. The lowest BCUT2D eigenvalue weighted by Crippen LogP contribution is -2.24. The molecule has 0 spiro atoms. The minimum Gasteiger partial charge on any atom is -0.506 e. The van der Waals surface area contributed by atoms with Crippen molar-refractivity contribution in [2.75, 3.05) is 17.6 Å². The van der Waals surface area contributed by atoms with E-state index in [1.165, 1.54) is 29.0 Å².